The number of nitrogens with zero attached hydrogens (tertiary/aromatic N) is 1. The number of Topliss-reactive ketones (excluding diaryl/α,β-unsaturated/α-hetero) is 1. The maximum Gasteiger partial charge on any atom is 0.416 e. The molecule has 0 amide bonds. The number of hydrogen-bond acceptors (Lipinski definition) is 5. The van der Waals surface area contributed by atoms with Crippen LogP contribution in [0, 0.1) is 0 Å². The molecule has 150 valence electrons. The number of esters is 1. The third kappa shape index (κ3) is 5.79. The van der Waals surface area contributed by atoms with Crippen LogP contribution in [0.4, 0.5) is 13.2 Å². The van der Waals surface area contributed by atoms with E-state index < -0.39 is 23.5 Å². The number of ketones is 1. The number of aromatic hydroxyl groups is 1. The van der Waals surface area contributed by atoms with Crippen molar-refractivity contribution >= 4 is 27.7 Å². The van der Waals surface area contributed by atoms with Gasteiger partial charge in [0, 0.05) is 18.5 Å². The van der Waals surface area contributed by atoms with Gasteiger partial charge in [-0.05, 0) is 40.5 Å². The highest BCUT2D eigenvalue weighted by molar-refractivity contribution is 9.10. The lowest BCUT2D eigenvalue weighted by atomic mass is 10.0. The number of hydrogen-bond donors (Lipinski definition) is 1. The number of aromatic nitrogens is 1. The van der Waals surface area contributed by atoms with E-state index in [2.05, 4.69) is 20.9 Å². The molecule has 5 nitrogen and oxygen atoms in total. The van der Waals surface area contributed by atoms with Gasteiger partial charge >= 0.3 is 12.1 Å². The first-order valence-electron chi connectivity index (χ1n) is 8.35. The summed E-state index contributed by atoms with van der Waals surface area (Å²) in [5.41, 5.74) is -0.387. The number of alkyl halides is 3. The van der Waals surface area contributed by atoms with Crippen LogP contribution in [0.3, 0.4) is 0 Å². The molecule has 0 saturated carbocycles. The van der Waals surface area contributed by atoms with Gasteiger partial charge in [-0.25, -0.2) is 4.98 Å². The summed E-state index contributed by atoms with van der Waals surface area (Å²) in [6, 6.07) is 6.20. The fraction of sp³-hybridized carbons (Fsp3) is 0.316. The zero-order valence-electron chi connectivity index (χ0n) is 14.8. The van der Waals surface area contributed by atoms with Crippen molar-refractivity contribution in [2.45, 2.75) is 32.4 Å². The molecule has 0 aliphatic rings. The first-order valence-corrected chi connectivity index (χ1v) is 9.14. The Bertz CT molecular complexity index is 884. The number of carbonyl (C=O) groups excluding carboxylic acids is 2. The van der Waals surface area contributed by atoms with Gasteiger partial charge in [-0.15, -0.1) is 0 Å². The maximum atomic E-state index is 12.9. The number of rotatable bonds is 7. The second-order valence-corrected chi connectivity index (χ2v) is 6.75. The SMILES string of the molecule is CCOC(=O)CCC(=O)c1nc(Cc2cccc(C(F)(F)F)c2)cc(Br)c1O. The van der Waals surface area contributed by atoms with E-state index in [9.17, 15) is 27.9 Å². The molecule has 0 saturated heterocycles. The Hall–Kier alpha value is -2.42. The first-order chi connectivity index (χ1) is 13.1. The van der Waals surface area contributed by atoms with E-state index in [-0.39, 0.29) is 41.8 Å². The molecule has 0 atom stereocenters. The van der Waals surface area contributed by atoms with Crippen molar-refractivity contribution in [1.29, 1.82) is 0 Å². The lowest BCUT2D eigenvalue weighted by Crippen LogP contribution is -2.10. The summed E-state index contributed by atoms with van der Waals surface area (Å²) in [4.78, 5) is 27.8. The summed E-state index contributed by atoms with van der Waals surface area (Å²) in [6.45, 7) is 1.83. The molecule has 1 heterocycles. The second-order valence-electron chi connectivity index (χ2n) is 5.90. The monoisotopic (exact) mass is 459 g/mol. The molecule has 0 unspecified atom stereocenters. The molecule has 1 aromatic heterocycles. The van der Waals surface area contributed by atoms with Crippen LogP contribution in [0.1, 0.15) is 47.1 Å². The van der Waals surface area contributed by atoms with Gasteiger partial charge in [0.1, 0.15) is 5.69 Å². The molecule has 0 aliphatic carbocycles. The minimum absolute atomic E-state index is 0.0287. The molecule has 0 radical (unpaired) electrons. The molecule has 0 aliphatic heterocycles. The van der Waals surface area contributed by atoms with Crippen LogP contribution in [0.2, 0.25) is 0 Å². The van der Waals surface area contributed by atoms with Gasteiger partial charge in [0.25, 0.3) is 0 Å². The molecule has 0 fully saturated rings. The minimum Gasteiger partial charge on any atom is -0.504 e. The van der Waals surface area contributed by atoms with Crippen molar-refractivity contribution < 1.29 is 32.6 Å². The summed E-state index contributed by atoms with van der Waals surface area (Å²) in [6.07, 6.45) is -4.81. The van der Waals surface area contributed by atoms with Gasteiger partial charge in [-0.1, -0.05) is 18.2 Å². The van der Waals surface area contributed by atoms with Gasteiger partial charge in [0.2, 0.25) is 0 Å². The van der Waals surface area contributed by atoms with Crippen molar-refractivity contribution in [2.24, 2.45) is 0 Å². The predicted octanol–water partition coefficient (Wildman–Crippen LogP) is 4.69. The standard InChI is InChI=1S/C19H17BrF3NO4/c1-2-28-16(26)7-6-15(25)17-18(27)14(20)10-13(24-17)9-11-4-3-5-12(8-11)19(21,22)23/h3-5,8,10,27H,2,6-7,9H2,1H3. The highest BCUT2D eigenvalue weighted by Gasteiger charge is 2.30. The Morgan fingerprint density at radius 3 is 2.57 bits per heavy atom. The van der Waals surface area contributed by atoms with E-state index in [0.717, 1.165) is 12.1 Å². The predicted molar refractivity (Wildman–Crippen MR) is 98.0 cm³/mol. The first kappa shape index (κ1) is 21.9. The molecule has 2 aromatic rings. The topological polar surface area (TPSA) is 76.5 Å². The van der Waals surface area contributed by atoms with Crippen molar-refractivity contribution in [2.75, 3.05) is 6.61 Å². The van der Waals surface area contributed by atoms with Crippen LogP contribution in [0.5, 0.6) is 5.75 Å². The molecule has 0 spiro atoms. The Balaban J connectivity index is 2.23. The Morgan fingerprint density at radius 1 is 1.21 bits per heavy atom. The van der Waals surface area contributed by atoms with Crippen LogP contribution in [-0.2, 0) is 22.1 Å². The summed E-state index contributed by atoms with van der Waals surface area (Å²) < 4.78 is 43.5. The van der Waals surface area contributed by atoms with Crippen molar-refractivity contribution in [3.05, 3.63) is 57.3 Å². The molecule has 2 rings (SSSR count). The molecule has 1 N–H and O–H groups in total. The molecular formula is C19H17BrF3NO4. The Kier molecular flexibility index (Phi) is 7.17. The minimum atomic E-state index is -4.47. The zero-order chi connectivity index (χ0) is 20.9. The van der Waals surface area contributed by atoms with Gasteiger partial charge in [-0.2, -0.15) is 13.2 Å². The summed E-state index contributed by atoms with van der Waals surface area (Å²) >= 11 is 3.12. The van der Waals surface area contributed by atoms with Crippen LogP contribution >= 0.6 is 15.9 Å². The highest BCUT2D eigenvalue weighted by Crippen LogP contribution is 2.31. The van der Waals surface area contributed by atoms with Gasteiger partial charge in [0.15, 0.2) is 11.5 Å². The lowest BCUT2D eigenvalue weighted by molar-refractivity contribution is -0.143. The van der Waals surface area contributed by atoms with Gasteiger partial charge in [0.05, 0.1) is 23.1 Å². The van der Waals surface area contributed by atoms with E-state index >= 15 is 0 Å². The van der Waals surface area contributed by atoms with Crippen molar-refractivity contribution in [3.63, 3.8) is 0 Å². The zero-order valence-corrected chi connectivity index (χ0v) is 16.4. The number of carbonyl (C=O) groups is 2. The summed E-state index contributed by atoms with van der Waals surface area (Å²) in [5.74, 6) is -1.51. The second kappa shape index (κ2) is 9.18. The van der Waals surface area contributed by atoms with Crippen LogP contribution < -0.4 is 0 Å². The highest BCUT2D eigenvalue weighted by atomic mass is 79.9. The van der Waals surface area contributed by atoms with Gasteiger partial charge < -0.3 is 9.84 Å². The third-order valence-electron chi connectivity index (χ3n) is 3.76. The molecule has 28 heavy (non-hydrogen) atoms. The fourth-order valence-corrected chi connectivity index (χ4v) is 2.93. The average molecular weight is 460 g/mol. The maximum absolute atomic E-state index is 12.9. The average Bonchev–Trinajstić information content (AvgIpc) is 2.62. The Morgan fingerprint density at radius 2 is 1.93 bits per heavy atom. The summed E-state index contributed by atoms with van der Waals surface area (Å²) in [7, 11) is 0. The molecule has 1 aromatic carbocycles. The van der Waals surface area contributed by atoms with Crippen molar-refractivity contribution in [3.8, 4) is 5.75 Å². The number of ether oxygens (including phenoxy) is 1. The van der Waals surface area contributed by atoms with E-state index in [1.165, 1.54) is 18.2 Å². The smallest absolute Gasteiger partial charge is 0.416 e. The van der Waals surface area contributed by atoms with Gasteiger partial charge in [-0.3, -0.25) is 9.59 Å². The number of pyridine rings is 1. The molecular weight excluding hydrogens is 443 g/mol. The summed E-state index contributed by atoms with van der Waals surface area (Å²) in [5, 5.41) is 10.1. The van der Waals surface area contributed by atoms with E-state index in [4.69, 9.17) is 4.74 Å². The molecule has 0 bridgehead atoms. The lowest BCUT2D eigenvalue weighted by Gasteiger charge is -2.11. The number of halogens is 4. The number of benzene rings is 1. The van der Waals surface area contributed by atoms with E-state index in [1.807, 2.05) is 0 Å². The van der Waals surface area contributed by atoms with E-state index in [0.29, 0.717) is 11.3 Å². The third-order valence-corrected chi connectivity index (χ3v) is 4.37. The molecule has 9 heteroatoms. The quantitative estimate of drug-likeness (QED) is 0.480. The van der Waals surface area contributed by atoms with Crippen molar-refractivity contribution in [1.82, 2.24) is 4.98 Å². The van der Waals surface area contributed by atoms with Crippen LogP contribution in [0.25, 0.3) is 0 Å². The van der Waals surface area contributed by atoms with Crippen LogP contribution in [0.15, 0.2) is 34.8 Å². The Labute approximate surface area is 167 Å². The van der Waals surface area contributed by atoms with E-state index in [1.54, 1.807) is 6.92 Å². The largest absolute Gasteiger partial charge is 0.504 e. The van der Waals surface area contributed by atoms with Crippen LogP contribution in [-0.4, -0.2) is 28.4 Å². The fourth-order valence-electron chi connectivity index (χ4n) is 2.48. The normalized spacial score (nSPS) is 11.3.